The second-order valence-corrected chi connectivity index (χ2v) is 7.04. The van der Waals surface area contributed by atoms with Crippen molar-refractivity contribution in [1.82, 2.24) is 9.80 Å². The molecule has 1 aromatic rings. The quantitative estimate of drug-likeness (QED) is 0.813. The second-order valence-electron chi connectivity index (χ2n) is 7.04. The molecule has 0 bridgehead atoms. The fraction of sp³-hybridized carbons (Fsp3) is 0.684. The van der Waals surface area contributed by atoms with Crippen molar-refractivity contribution in [1.29, 1.82) is 0 Å². The zero-order valence-corrected chi connectivity index (χ0v) is 14.5. The van der Waals surface area contributed by atoms with E-state index in [9.17, 15) is 0 Å². The Morgan fingerprint density at radius 3 is 2.43 bits per heavy atom. The van der Waals surface area contributed by atoms with Crippen LogP contribution in [-0.2, 0) is 13.0 Å². The van der Waals surface area contributed by atoms with Crippen LogP contribution in [0.1, 0.15) is 45.7 Å². The molecule has 1 heterocycles. The maximum atomic E-state index is 2.69. The van der Waals surface area contributed by atoms with E-state index in [1.165, 1.54) is 30.8 Å². The van der Waals surface area contributed by atoms with Crippen LogP contribution in [-0.4, -0.2) is 41.5 Å². The lowest BCUT2D eigenvalue weighted by atomic mass is 9.97. The summed E-state index contributed by atoms with van der Waals surface area (Å²) in [7, 11) is 0. The number of benzene rings is 1. The molecular weight excluding hydrogens is 256 g/mol. The van der Waals surface area contributed by atoms with E-state index in [0.29, 0.717) is 18.0 Å². The van der Waals surface area contributed by atoms with Crippen LogP contribution < -0.4 is 0 Å². The molecule has 2 rings (SSSR count). The smallest absolute Gasteiger partial charge is 0.0250 e. The van der Waals surface area contributed by atoms with Crippen molar-refractivity contribution in [3.63, 3.8) is 0 Å². The molecule has 1 unspecified atom stereocenters. The molecule has 2 heteroatoms. The Labute approximate surface area is 131 Å². The van der Waals surface area contributed by atoms with E-state index >= 15 is 0 Å². The third-order valence-corrected chi connectivity index (χ3v) is 4.85. The first-order valence-corrected chi connectivity index (χ1v) is 8.57. The number of rotatable bonds is 5. The van der Waals surface area contributed by atoms with Crippen molar-refractivity contribution < 1.29 is 0 Å². The summed E-state index contributed by atoms with van der Waals surface area (Å²) in [5.74, 6) is 0.709. The summed E-state index contributed by atoms with van der Waals surface area (Å²) in [4.78, 5) is 5.32. The molecule has 0 radical (unpaired) electrons. The van der Waals surface area contributed by atoms with Gasteiger partial charge in [0.15, 0.2) is 0 Å². The van der Waals surface area contributed by atoms with Crippen LogP contribution >= 0.6 is 0 Å². The average Bonchev–Trinajstić information content (AvgIpc) is 2.47. The lowest BCUT2D eigenvalue weighted by Gasteiger charge is -2.45. The number of hydrogen-bond donors (Lipinski definition) is 0. The van der Waals surface area contributed by atoms with Crippen molar-refractivity contribution in [2.75, 3.05) is 19.6 Å². The lowest BCUT2D eigenvalue weighted by Crippen LogP contribution is -2.56. The fourth-order valence-electron chi connectivity index (χ4n) is 3.35. The van der Waals surface area contributed by atoms with Crippen molar-refractivity contribution in [2.45, 2.75) is 59.7 Å². The zero-order valence-electron chi connectivity index (χ0n) is 14.5. The highest BCUT2D eigenvalue weighted by Crippen LogP contribution is 2.21. The van der Waals surface area contributed by atoms with Crippen LogP contribution in [0.3, 0.4) is 0 Å². The minimum atomic E-state index is 0.664. The summed E-state index contributed by atoms with van der Waals surface area (Å²) in [5.41, 5.74) is 2.92. The van der Waals surface area contributed by atoms with Gasteiger partial charge in [-0.05, 0) is 37.3 Å². The molecule has 1 aromatic carbocycles. The summed E-state index contributed by atoms with van der Waals surface area (Å²) in [6.07, 6.45) is 1.13. The molecule has 0 aromatic heterocycles. The average molecular weight is 288 g/mol. The van der Waals surface area contributed by atoms with Gasteiger partial charge in [-0.2, -0.15) is 0 Å². The van der Waals surface area contributed by atoms with E-state index in [1.54, 1.807) is 0 Å². The molecule has 118 valence electrons. The lowest BCUT2D eigenvalue weighted by molar-refractivity contribution is 0.0297. The van der Waals surface area contributed by atoms with E-state index in [-0.39, 0.29) is 0 Å². The molecule has 1 aliphatic rings. The minimum Gasteiger partial charge on any atom is -0.298 e. The number of piperazine rings is 1. The van der Waals surface area contributed by atoms with Gasteiger partial charge >= 0.3 is 0 Å². The van der Waals surface area contributed by atoms with Crippen molar-refractivity contribution >= 4 is 0 Å². The molecule has 0 amide bonds. The standard InChI is InChI=1S/C19H32N2/c1-6-17-8-7-9-18(12-17)13-21-11-10-20(16(4)5)14-19(21)15(2)3/h7-9,12,15-16,19H,6,10-11,13-14H2,1-5H3. The van der Waals surface area contributed by atoms with E-state index in [1.807, 2.05) is 0 Å². The topological polar surface area (TPSA) is 6.48 Å². The minimum absolute atomic E-state index is 0.664. The maximum absolute atomic E-state index is 2.69. The van der Waals surface area contributed by atoms with Crippen LogP contribution in [0.4, 0.5) is 0 Å². The number of aryl methyl sites for hydroxylation is 1. The van der Waals surface area contributed by atoms with Crippen LogP contribution in [0, 0.1) is 5.92 Å². The third kappa shape index (κ3) is 4.31. The largest absolute Gasteiger partial charge is 0.298 e. The summed E-state index contributed by atoms with van der Waals surface area (Å²) < 4.78 is 0. The van der Waals surface area contributed by atoms with Crippen molar-refractivity contribution in [3.05, 3.63) is 35.4 Å². The van der Waals surface area contributed by atoms with Gasteiger partial charge < -0.3 is 0 Å². The Bertz CT molecular complexity index is 439. The molecule has 1 saturated heterocycles. The van der Waals surface area contributed by atoms with Gasteiger partial charge in [0.2, 0.25) is 0 Å². The Morgan fingerprint density at radius 2 is 1.81 bits per heavy atom. The monoisotopic (exact) mass is 288 g/mol. The van der Waals surface area contributed by atoms with Gasteiger partial charge in [0.05, 0.1) is 0 Å². The molecule has 0 spiro atoms. The first-order chi connectivity index (χ1) is 10.0. The SMILES string of the molecule is CCc1cccc(CN2CCN(C(C)C)CC2C(C)C)c1. The highest BCUT2D eigenvalue weighted by atomic mass is 15.3. The van der Waals surface area contributed by atoms with Crippen LogP contribution in [0.5, 0.6) is 0 Å². The highest BCUT2D eigenvalue weighted by molar-refractivity contribution is 5.23. The van der Waals surface area contributed by atoms with Crippen LogP contribution in [0.15, 0.2) is 24.3 Å². The third-order valence-electron chi connectivity index (χ3n) is 4.85. The second kappa shape index (κ2) is 7.42. The first-order valence-electron chi connectivity index (χ1n) is 8.57. The Hall–Kier alpha value is -0.860. The fourth-order valence-corrected chi connectivity index (χ4v) is 3.35. The predicted octanol–water partition coefficient (Wildman–Crippen LogP) is 3.80. The van der Waals surface area contributed by atoms with Crippen molar-refractivity contribution in [3.8, 4) is 0 Å². The van der Waals surface area contributed by atoms with Gasteiger partial charge in [0, 0.05) is 38.3 Å². The molecule has 1 atom stereocenters. The Morgan fingerprint density at radius 1 is 1.10 bits per heavy atom. The van der Waals surface area contributed by atoms with Crippen molar-refractivity contribution in [2.24, 2.45) is 5.92 Å². The Balaban J connectivity index is 2.07. The maximum Gasteiger partial charge on any atom is 0.0250 e. The summed E-state index contributed by atoms with van der Waals surface area (Å²) in [5, 5.41) is 0. The molecule has 1 aliphatic heterocycles. The summed E-state index contributed by atoms with van der Waals surface area (Å²) >= 11 is 0. The molecule has 0 aliphatic carbocycles. The molecule has 0 saturated carbocycles. The number of hydrogen-bond acceptors (Lipinski definition) is 2. The molecule has 0 N–H and O–H groups in total. The van der Waals surface area contributed by atoms with E-state index in [0.717, 1.165) is 13.0 Å². The van der Waals surface area contributed by atoms with E-state index < -0.39 is 0 Å². The predicted molar refractivity (Wildman–Crippen MR) is 91.6 cm³/mol. The summed E-state index contributed by atoms with van der Waals surface area (Å²) in [6.45, 7) is 16.3. The van der Waals surface area contributed by atoms with Gasteiger partial charge in [-0.3, -0.25) is 9.80 Å². The highest BCUT2D eigenvalue weighted by Gasteiger charge is 2.30. The number of nitrogens with zero attached hydrogens (tertiary/aromatic N) is 2. The molecule has 21 heavy (non-hydrogen) atoms. The zero-order chi connectivity index (χ0) is 15.4. The van der Waals surface area contributed by atoms with Gasteiger partial charge in [0.25, 0.3) is 0 Å². The van der Waals surface area contributed by atoms with Crippen LogP contribution in [0.2, 0.25) is 0 Å². The Kier molecular flexibility index (Phi) is 5.83. The van der Waals surface area contributed by atoms with Gasteiger partial charge in [-0.15, -0.1) is 0 Å². The van der Waals surface area contributed by atoms with Crippen LogP contribution in [0.25, 0.3) is 0 Å². The van der Waals surface area contributed by atoms with Gasteiger partial charge in [-0.1, -0.05) is 45.0 Å². The van der Waals surface area contributed by atoms with Gasteiger partial charge in [-0.25, -0.2) is 0 Å². The normalized spacial score (nSPS) is 21.4. The summed E-state index contributed by atoms with van der Waals surface area (Å²) in [6, 6.07) is 10.4. The van der Waals surface area contributed by atoms with E-state index in [2.05, 4.69) is 68.7 Å². The molecule has 1 fully saturated rings. The molecular formula is C19H32N2. The molecule has 2 nitrogen and oxygen atoms in total. The van der Waals surface area contributed by atoms with Gasteiger partial charge in [0.1, 0.15) is 0 Å². The van der Waals surface area contributed by atoms with E-state index in [4.69, 9.17) is 0 Å². The first kappa shape index (κ1) is 16.5.